The number of rotatable bonds is 9. The first-order valence-corrected chi connectivity index (χ1v) is 21.8. The molecular weight excluding hydrogens is 731 g/mol. The standard InChI is InChI=1S/C55H49N5/c1-55-35-14-13-26-51(55)60(43-22-9-4-10-23-43)50-34-32-44(37-47(50)55)59-48-25-12-11-24-45(48)46-36-39(29-33-49(46)59)17-15-16-38-27-30-42(31-28-38)54-57-52(40-18-5-2-6-19-40)56-53(58-54)41-20-7-3-8-21-41/h2-12,14,18-20,22-25,27-35,37,39,41,51H,13,15-17,21,26,36H2,1H3. The molecule has 0 saturated heterocycles. The van der Waals surface area contributed by atoms with Gasteiger partial charge in [0.15, 0.2) is 11.6 Å². The summed E-state index contributed by atoms with van der Waals surface area (Å²) in [5, 5.41) is 1.37. The van der Waals surface area contributed by atoms with Gasteiger partial charge in [0.05, 0.1) is 5.52 Å². The van der Waals surface area contributed by atoms with E-state index >= 15 is 0 Å². The van der Waals surface area contributed by atoms with Gasteiger partial charge in [-0.1, -0.05) is 134 Å². The Labute approximate surface area is 353 Å². The monoisotopic (exact) mass is 779 g/mol. The first-order chi connectivity index (χ1) is 29.6. The second-order valence-electron chi connectivity index (χ2n) is 17.2. The van der Waals surface area contributed by atoms with Crippen molar-refractivity contribution < 1.29 is 0 Å². The van der Waals surface area contributed by atoms with E-state index in [1.165, 1.54) is 50.3 Å². The summed E-state index contributed by atoms with van der Waals surface area (Å²) in [6, 6.07) is 46.7. The van der Waals surface area contributed by atoms with E-state index in [2.05, 4.69) is 174 Å². The second-order valence-corrected chi connectivity index (χ2v) is 17.2. The van der Waals surface area contributed by atoms with Gasteiger partial charge < -0.3 is 9.47 Å². The number of nitrogens with zero attached hydrogens (tertiary/aromatic N) is 5. The van der Waals surface area contributed by atoms with Crippen molar-refractivity contribution in [1.29, 1.82) is 0 Å². The molecule has 4 aliphatic rings. The maximum absolute atomic E-state index is 4.99. The Hall–Kier alpha value is -6.59. The van der Waals surface area contributed by atoms with E-state index in [0.717, 1.165) is 73.5 Å². The molecule has 294 valence electrons. The number of fused-ring (bicyclic) bond motifs is 6. The lowest BCUT2D eigenvalue weighted by Crippen LogP contribution is -2.41. The number of benzene rings is 5. The highest BCUT2D eigenvalue weighted by atomic mass is 15.2. The van der Waals surface area contributed by atoms with Crippen LogP contribution in [0, 0.1) is 5.92 Å². The molecule has 0 fully saturated rings. The number of hydrogen-bond acceptors (Lipinski definition) is 4. The molecule has 5 aromatic carbocycles. The van der Waals surface area contributed by atoms with E-state index < -0.39 is 0 Å². The fraction of sp³-hybridized carbons (Fsp3) is 0.218. The topological polar surface area (TPSA) is 46.8 Å². The molecule has 5 nitrogen and oxygen atoms in total. The van der Waals surface area contributed by atoms with Gasteiger partial charge in [0.2, 0.25) is 0 Å². The summed E-state index contributed by atoms with van der Waals surface area (Å²) in [4.78, 5) is 17.5. The molecule has 60 heavy (non-hydrogen) atoms. The largest absolute Gasteiger partial charge is 0.337 e. The van der Waals surface area contributed by atoms with Gasteiger partial charge in [-0.25, -0.2) is 15.0 Å². The fourth-order valence-corrected chi connectivity index (χ4v) is 10.4. The number of hydrogen-bond donors (Lipinski definition) is 0. The quantitative estimate of drug-likeness (QED) is 0.137. The summed E-state index contributed by atoms with van der Waals surface area (Å²) in [5.74, 6) is 2.93. The van der Waals surface area contributed by atoms with Gasteiger partial charge in [-0.2, -0.15) is 0 Å². The highest BCUT2D eigenvalue weighted by Crippen LogP contribution is 2.53. The van der Waals surface area contributed by atoms with E-state index in [0.29, 0.717) is 12.0 Å². The molecule has 1 aliphatic heterocycles. The second kappa shape index (κ2) is 15.2. The van der Waals surface area contributed by atoms with Gasteiger partial charge in [0.25, 0.3) is 0 Å². The van der Waals surface area contributed by atoms with Crippen molar-refractivity contribution in [2.45, 2.75) is 69.2 Å². The molecular formula is C55H49N5. The molecule has 5 heteroatoms. The summed E-state index contributed by atoms with van der Waals surface area (Å²) in [7, 11) is 0. The van der Waals surface area contributed by atoms with Crippen LogP contribution in [0.25, 0.3) is 45.4 Å². The summed E-state index contributed by atoms with van der Waals surface area (Å²) in [5.41, 5.74) is 12.7. The molecule has 0 bridgehead atoms. The van der Waals surface area contributed by atoms with Crippen molar-refractivity contribution in [3.05, 3.63) is 198 Å². The van der Waals surface area contributed by atoms with E-state index in [-0.39, 0.29) is 11.3 Å². The number of para-hydroxylation sites is 2. The van der Waals surface area contributed by atoms with Crippen molar-refractivity contribution in [3.8, 4) is 28.5 Å². The first-order valence-electron chi connectivity index (χ1n) is 21.8. The molecule has 7 aromatic rings. The van der Waals surface area contributed by atoms with Gasteiger partial charge in [0, 0.05) is 56.6 Å². The summed E-state index contributed by atoms with van der Waals surface area (Å²) in [6.45, 7) is 2.45. The summed E-state index contributed by atoms with van der Waals surface area (Å²) >= 11 is 0. The van der Waals surface area contributed by atoms with Crippen LogP contribution in [-0.2, 0) is 18.3 Å². The normalized spacial score (nSPS) is 21.3. The third-order valence-electron chi connectivity index (χ3n) is 13.4. The van der Waals surface area contributed by atoms with Crippen LogP contribution in [0.3, 0.4) is 0 Å². The van der Waals surface area contributed by atoms with Gasteiger partial charge in [0.1, 0.15) is 5.82 Å². The Morgan fingerprint density at radius 2 is 1.48 bits per heavy atom. The van der Waals surface area contributed by atoms with Crippen LogP contribution in [0.5, 0.6) is 0 Å². The Balaban J connectivity index is 0.823. The van der Waals surface area contributed by atoms with Crippen molar-refractivity contribution in [2.24, 2.45) is 5.92 Å². The Bertz CT molecular complexity index is 2830. The van der Waals surface area contributed by atoms with Crippen LogP contribution in [0.4, 0.5) is 11.4 Å². The summed E-state index contributed by atoms with van der Waals surface area (Å²) in [6.07, 6.45) is 25.9. The minimum absolute atomic E-state index is 0.0453. The highest BCUT2D eigenvalue weighted by molar-refractivity contribution is 5.91. The molecule has 0 amide bonds. The zero-order valence-electron chi connectivity index (χ0n) is 34.2. The van der Waals surface area contributed by atoms with Crippen LogP contribution in [-0.4, -0.2) is 25.6 Å². The lowest BCUT2D eigenvalue weighted by Gasteiger charge is -2.37. The maximum Gasteiger partial charge on any atom is 0.163 e. The SMILES string of the molecule is CC12C=CCCC1N(c1ccccc1)c1ccc(-n3c4c(c5ccccc53)CC(CCCc3ccc(-c5nc(-c6ccccc6)nc(C6C=CC=CC6)n5)cc3)C=C4)cc12. The molecule has 4 atom stereocenters. The zero-order chi connectivity index (χ0) is 40.0. The van der Waals surface area contributed by atoms with E-state index in [1.54, 1.807) is 0 Å². The average molecular weight is 780 g/mol. The predicted molar refractivity (Wildman–Crippen MR) is 247 cm³/mol. The molecule has 2 aromatic heterocycles. The van der Waals surface area contributed by atoms with E-state index in [4.69, 9.17) is 15.0 Å². The minimum atomic E-state index is -0.0453. The lowest BCUT2D eigenvalue weighted by atomic mass is 9.73. The number of anilines is 2. The number of aromatic nitrogens is 4. The Morgan fingerprint density at radius 1 is 0.717 bits per heavy atom. The van der Waals surface area contributed by atoms with Crippen molar-refractivity contribution in [1.82, 2.24) is 19.5 Å². The first kappa shape index (κ1) is 36.5. The number of allylic oxidation sites excluding steroid dienone is 6. The molecule has 0 spiro atoms. The number of aryl methyl sites for hydroxylation is 1. The van der Waals surface area contributed by atoms with Crippen LogP contribution >= 0.6 is 0 Å². The van der Waals surface area contributed by atoms with Crippen molar-refractivity contribution in [3.63, 3.8) is 0 Å². The van der Waals surface area contributed by atoms with Gasteiger partial charge in [-0.15, -0.1) is 0 Å². The van der Waals surface area contributed by atoms with Crippen molar-refractivity contribution >= 4 is 28.4 Å². The molecule has 0 radical (unpaired) electrons. The van der Waals surface area contributed by atoms with Crippen LogP contribution in [0.2, 0.25) is 0 Å². The third-order valence-corrected chi connectivity index (χ3v) is 13.4. The lowest BCUT2D eigenvalue weighted by molar-refractivity contribution is 0.441. The Kier molecular flexibility index (Phi) is 9.25. The summed E-state index contributed by atoms with van der Waals surface area (Å²) < 4.78 is 2.52. The molecule has 3 heterocycles. The zero-order valence-corrected chi connectivity index (χ0v) is 34.2. The van der Waals surface area contributed by atoms with Gasteiger partial charge in [-0.3, -0.25) is 0 Å². The molecule has 0 N–H and O–H groups in total. The predicted octanol–water partition coefficient (Wildman–Crippen LogP) is 13.1. The average Bonchev–Trinajstić information content (AvgIpc) is 3.78. The molecule has 4 unspecified atom stereocenters. The molecule has 11 rings (SSSR count). The van der Waals surface area contributed by atoms with Crippen LogP contribution in [0.1, 0.15) is 73.2 Å². The van der Waals surface area contributed by atoms with Crippen molar-refractivity contribution in [2.75, 3.05) is 4.90 Å². The smallest absolute Gasteiger partial charge is 0.163 e. The van der Waals surface area contributed by atoms with E-state index in [9.17, 15) is 0 Å². The van der Waals surface area contributed by atoms with E-state index in [1.807, 2.05) is 18.2 Å². The molecule has 0 saturated carbocycles. The maximum atomic E-state index is 4.99. The van der Waals surface area contributed by atoms with Crippen LogP contribution < -0.4 is 4.90 Å². The third kappa shape index (κ3) is 6.44. The van der Waals surface area contributed by atoms with Crippen LogP contribution in [0.15, 0.2) is 170 Å². The fourth-order valence-electron chi connectivity index (χ4n) is 10.4. The van der Waals surface area contributed by atoms with Gasteiger partial charge in [-0.05, 0) is 117 Å². The minimum Gasteiger partial charge on any atom is -0.337 e. The molecule has 3 aliphatic carbocycles. The Morgan fingerprint density at radius 3 is 2.28 bits per heavy atom. The highest BCUT2D eigenvalue weighted by Gasteiger charge is 2.47. The van der Waals surface area contributed by atoms with Gasteiger partial charge >= 0.3 is 0 Å².